The standard InChI is InChI=1S/C23H30ClN3O4S/c1-5-17(2)25-23(29)18(3)26(15-19-11-9-10-14-21(19)24)22(28)16-27(32(4,30)31)20-12-7-6-8-13-20/h6-14,17-18H,5,15-16H2,1-4H3,(H,25,29). The van der Waals surface area contributed by atoms with Crippen molar-refractivity contribution in [3.05, 3.63) is 65.2 Å². The number of hydrogen-bond acceptors (Lipinski definition) is 4. The van der Waals surface area contributed by atoms with Gasteiger partial charge >= 0.3 is 0 Å². The van der Waals surface area contributed by atoms with E-state index in [2.05, 4.69) is 5.32 Å². The van der Waals surface area contributed by atoms with E-state index in [4.69, 9.17) is 11.6 Å². The molecule has 0 aromatic heterocycles. The van der Waals surface area contributed by atoms with E-state index in [0.717, 1.165) is 17.0 Å². The number of para-hydroxylation sites is 1. The Kier molecular flexibility index (Phi) is 9.09. The molecule has 0 bridgehead atoms. The minimum atomic E-state index is -3.74. The van der Waals surface area contributed by atoms with Gasteiger partial charge in [-0.1, -0.05) is 54.9 Å². The maximum absolute atomic E-state index is 13.4. The number of sulfonamides is 1. The fourth-order valence-corrected chi connectivity index (χ4v) is 4.11. The second kappa shape index (κ2) is 11.3. The summed E-state index contributed by atoms with van der Waals surface area (Å²) in [4.78, 5) is 27.6. The van der Waals surface area contributed by atoms with Gasteiger partial charge in [0, 0.05) is 17.6 Å². The van der Waals surface area contributed by atoms with Crippen LogP contribution in [0.3, 0.4) is 0 Å². The topological polar surface area (TPSA) is 86.8 Å². The van der Waals surface area contributed by atoms with Crippen LogP contribution in [-0.2, 0) is 26.2 Å². The average Bonchev–Trinajstić information content (AvgIpc) is 2.75. The van der Waals surface area contributed by atoms with Crippen molar-refractivity contribution in [1.29, 1.82) is 0 Å². The van der Waals surface area contributed by atoms with Gasteiger partial charge in [0.25, 0.3) is 0 Å². The Balaban J connectivity index is 2.37. The predicted molar refractivity (Wildman–Crippen MR) is 128 cm³/mol. The summed E-state index contributed by atoms with van der Waals surface area (Å²) in [5.74, 6) is -0.823. The molecule has 2 rings (SSSR count). The van der Waals surface area contributed by atoms with Crippen LogP contribution in [0.5, 0.6) is 0 Å². The highest BCUT2D eigenvalue weighted by atomic mass is 35.5. The summed E-state index contributed by atoms with van der Waals surface area (Å²) in [6.07, 6.45) is 1.79. The minimum Gasteiger partial charge on any atom is -0.352 e. The fraction of sp³-hybridized carbons (Fsp3) is 0.391. The van der Waals surface area contributed by atoms with Gasteiger partial charge in [0.05, 0.1) is 11.9 Å². The van der Waals surface area contributed by atoms with Gasteiger partial charge in [0.2, 0.25) is 21.8 Å². The van der Waals surface area contributed by atoms with Crippen molar-refractivity contribution in [3.8, 4) is 0 Å². The second-order valence-corrected chi connectivity index (χ2v) is 10.0. The SMILES string of the molecule is CCC(C)NC(=O)C(C)N(Cc1ccccc1Cl)C(=O)CN(c1ccccc1)S(C)(=O)=O. The molecular weight excluding hydrogens is 450 g/mol. The molecule has 0 heterocycles. The highest BCUT2D eigenvalue weighted by Crippen LogP contribution is 2.21. The molecule has 9 heteroatoms. The molecule has 2 unspecified atom stereocenters. The number of nitrogens with zero attached hydrogens (tertiary/aromatic N) is 2. The van der Waals surface area contributed by atoms with Crippen LogP contribution >= 0.6 is 11.6 Å². The third-order valence-corrected chi connectivity index (χ3v) is 6.70. The summed E-state index contributed by atoms with van der Waals surface area (Å²) < 4.78 is 25.9. The Morgan fingerprint density at radius 2 is 1.62 bits per heavy atom. The highest BCUT2D eigenvalue weighted by Gasteiger charge is 2.30. The zero-order chi connectivity index (χ0) is 23.9. The number of nitrogens with one attached hydrogen (secondary N) is 1. The maximum Gasteiger partial charge on any atom is 0.244 e. The Morgan fingerprint density at radius 3 is 2.19 bits per heavy atom. The molecule has 0 aliphatic rings. The minimum absolute atomic E-state index is 0.0564. The smallest absolute Gasteiger partial charge is 0.244 e. The van der Waals surface area contributed by atoms with Gasteiger partial charge in [0.1, 0.15) is 12.6 Å². The van der Waals surface area contributed by atoms with Crippen LogP contribution in [0.25, 0.3) is 0 Å². The largest absolute Gasteiger partial charge is 0.352 e. The third kappa shape index (κ3) is 6.97. The number of halogens is 1. The van der Waals surface area contributed by atoms with Crippen molar-refractivity contribution < 1.29 is 18.0 Å². The molecule has 174 valence electrons. The van der Waals surface area contributed by atoms with Crippen LogP contribution in [-0.4, -0.2) is 50.0 Å². The summed E-state index contributed by atoms with van der Waals surface area (Å²) >= 11 is 6.29. The summed E-state index contributed by atoms with van der Waals surface area (Å²) in [5.41, 5.74) is 1.04. The zero-order valence-corrected chi connectivity index (χ0v) is 20.4. The number of amides is 2. The molecule has 0 radical (unpaired) electrons. The fourth-order valence-electron chi connectivity index (χ4n) is 3.07. The lowest BCUT2D eigenvalue weighted by atomic mass is 10.1. The molecule has 0 fully saturated rings. The van der Waals surface area contributed by atoms with Gasteiger partial charge in [-0.15, -0.1) is 0 Å². The average molecular weight is 480 g/mol. The molecule has 2 amide bonds. The van der Waals surface area contributed by atoms with Gasteiger partial charge in [-0.25, -0.2) is 8.42 Å². The lowest BCUT2D eigenvalue weighted by Crippen LogP contribution is -2.52. The van der Waals surface area contributed by atoms with Crippen molar-refractivity contribution in [3.63, 3.8) is 0 Å². The maximum atomic E-state index is 13.4. The number of benzene rings is 2. The summed E-state index contributed by atoms with van der Waals surface area (Å²) in [7, 11) is -3.74. The first kappa shape index (κ1) is 25.7. The molecule has 2 aromatic rings. The van der Waals surface area contributed by atoms with E-state index in [-0.39, 0.29) is 18.5 Å². The van der Waals surface area contributed by atoms with Crippen LogP contribution in [0.15, 0.2) is 54.6 Å². The number of anilines is 1. The van der Waals surface area contributed by atoms with E-state index in [1.807, 2.05) is 13.8 Å². The number of carbonyl (C=O) groups excluding carboxylic acids is 2. The van der Waals surface area contributed by atoms with Crippen LogP contribution < -0.4 is 9.62 Å². The molecular formula is C23H30ClN3O4S. The summed E-state index contributed by atoms with van der Waals surface area (Å²) in [6, 6.07) is 14.5. The molecule has 2 aromatic carbocycles. The first-order chi connectivity index (χ1) is 15.0. The number of rotatable bonds is 10. The zero-order valence-electron chi connectivity index (χ0n) is 18.8. The lowest BCUT2D eigenvalue weighted by Gasteiger charge is -2.32. The normalized spacial score (nSPS) is 13.2. The number of carbonyl (C=O) groups is 2. The third-order valence-electron chi connectivity index (χ3n) is 5.19. The van der Waals surface area contributed by atoms with Gasteiger partial charge < -0.3 is 10.2 Å². The van der Waals surface area contributed by atoms with Crippen molar-refractivity contribution in [2.45, 2.75) is 45.8 Å². The van der Waals surface area contributed by atoms with Crippen molar-refractivity contribution in [2.24, 2.45) is 0 Å². The summed E-state index contributed by atoms with van der Waals surface area (Å²) in [5, 5.41) is 3.34. The van der Waals surface area contributed by atoms with Crippen LogP contribution in [0.1, 0.15) is 32.8 Å². The van der Waals surface area contributed by atoms with Gasteiger partial charge in [-0.05, 0) is 44.0 Å². The monoisotopic (exact) mass is 479 g/mol. The first-order valence-electron chi connectivity index (χ1n) is 10.4. The quantitative estimate of drug-likeness (QED) is 0.565. The van der Waals surface area contributed by atoms with E-state index >= 15 is 0 Å². The van der Waals surface area contributed by atoms with Crippen molar-refractivity contribution >= 4 is 39.1 Å². The van der Waals surface area contributed by atoms with Crippen molar-refractivity contribution in [1.82, 2.24) is 10.2 Å². The highest BCUT2D eigenvalue weighted by molar-refractivity contribution is 7.92. The Morgan fingerprint density at radius 1 is 1.03 bits per heavy atom. The van der Waals surface area contributed by atoms with Crippen molar-refractivity contribution in [2.75, 3.05) is 17.1 Å². The van der Waals surface area contributed by atoms with E-state index in [1.54, 1.807) is 61.5 Å². The predicted octanol–water partition coefficient (Wildman–Crippen LogP) is 3.44. The van der Waals surface area contributed by atoms with Crippen LogP contribution in [0.4, 0.5) is 5.69 Å². The first-order valence-corrected chi connectivity index (χ1v) is 12.6. The summed E-state index contributed by atoms with van der Waals surface area (Å²) in [6.45, 7) is 5.09. The molecule has 1 N–H and O–H groups in total. The molecule has 32 heavy (non-hydrogen) atoms. The Hall–Kier alpha value is -2.58. The van der Waals surface area contributed by atoms with Crippen LogP contribution in [0.2, 0.25) is 5.02 Å². The van der Waals surface area contributed by atoms with Crippen LogP contribution in [0, 0.1) is 0 Å². The molecule has 0 spiro atoms. The number of hydrogen-bond donors (Lipinski definition) is 1. The molecule has 0 saturated heterocycles. The van der Waals surface area contributed by atoms with Gasteiger partial charge in [-0.3, -0.25) is 13.9 Å². The van der Waals surface area contributed by atoms with Gasteiger partial charge in [-0.2, -0.15) is 0 Å². The molecule has 0 aliphatic heterocycles. The lowest BCUT2D eigenvalue weighted by molar-refractivity contribution is -0.139. The molecule has 2 atom stereocenters. The van der Waals surface area contributed by atoms with Gasteiger partial charge in [0.15, 0.2) is 0 Å². The van der Waals surface area contributed by atoms with E-state index in [1.165, 1.54) is 4.90 Å². The van der Waals surface area contributed by atoms with E-state index in [9.17, 15) is 18.0 Å². The Bertz CT molecular complexity index is 1030. The molecule has 7 nitrogen and oxygen atoms in total. The van der Waals surface area contributed by atoms with E-state index < -0.39 is 28.5 Å². The van der Waals surface area contributed by atoms with E-state index in [0.29, 0.717) is 16.3 Å². The second-order valence-electron chi connectivity index (χ2n) is 7.71. The Labute approximate surface area is 195 Å². The molecule has 0 saturated carbocycles. The molecule has 0 aliphatic carbocycles.